The van der Waals surface area contributed by atoms with Gasteiger partial charge in [0.25, 0.3) is 0 Å². The second kappa shape index (κ2) is 7.03. The van der Waals surface area contributed by atoms with Crippen molar-refractivity contribution >= 4 is 23.2 Å². The first-order valence-electron chi connectivity index (χ1n) is 10.3. The topological polar surface area (TPSA) is 40.6 Å². The van der Waals surface area contributed by atoms with E-state index in [-0.39, 0.29) is 36.4 Å². The summed E-state index contributed by atoms with van der Waals surface area (Å²) in [5.41, 5.74) is 3.63. The summed E-state index contributed by atoms with van der Waals surface area (Å²) in [6, 6.07) is 10.9. The number of carbonyl (C=O) groups is 2. The Bertz CT molecular complexity index is 896. The molecule has 0 bridgehead atoms. The van der Waals surface area contributed by atoms with Gasteiger partial charge < -0.3 is 9.80 Å². The van der Waals surface area contributed by atoms with Gasteiger partial charge in [-0.3, -0.25) is 9.59 Å². The second-order valence-electron chi connectivity index (χ2n) is 8.42. The van der Waals surface area contributed by atoms with Gasteiger partial charge in [0.15, 0.2) is 0 Å². The fourth-order valence-electron chi connectivity index (χ4n) is 4.27. The van der Waals surface area contributed by atoms with Crippen LogP contribution < -0.4 is 0 Å². The first-order valence-corrected chi connectivity index (χ1v) is 11.2. The van der Waals surface area contributed by atoms with Crippen LogP contribution in [0.15, 0.2) is 35.7 Å². The monoisotopic (exact) mass is 394 g/mol. The largest absolute Gasteiger partial charge is 0.330 e. The van der Waals surface area contributed by atoms with Gasteiger partial charge in [-0.05, 0) is 61.6 Å². The number of hydrogen-bond donors (Lipinski definition) is 0. The van der Waals surface area contributed by atoms with E-state index < -0.39 is 0 Å². The van der Waals surface area contributed by atoms with Gasteiger partial charge in [-0.2, -0.15) is 0 Å². The van der Waals surface area contributed by atoms with E-state index in [0.29, 0.717) is 0 Å². The normalized spacial score (nSPS) is 21.3. The average molecular weight is 395 g/mol. The molecule has 3 aliphatic rings. The van der Waals surface area contributed by atoms with E-state index in [4.69, 9.17) is 0 Å². The minimum absolute atomic E-state index is 0.0415. The summed E-state index contributed by atoms with van der Waals surface area (Å²) in [6.45, 7) is 3.05. The van der Waals surface area contributed by atoms with Gasteiger partial charge in [-0.1, -0.05) is 29.8 Å². The summed E-state index contributed by atoms with van der Waals surface area (Å²) < 4.78 is 0. The van der Waals surface area contributed by atoms with Crippen LogP contribution in [0.4, 0.5) is 0 Å². The van der Waals surface area contributed by atoms with Crippen molar-refractivity contribution < 1.29 is 9.59 Å². The Morgan fingerprint density at radius 2 is 1.86 bits per heavy atom. The second-order valence-corrected chi connectivity index (χ2v) is 9.42. The SMILES string of the molecule is Cc1ccc([C@@H]2c3ccsc3CCN2C(=O)CN(C(=O)C2CC2)C2CC2)cc1. The van der Waals surface area contributed by atoms with Crippen LogP contribution in [-0.2, 0) is 16.0 Å². The minimum Gasteiger partial charge on any atom is -0.330 e. The number of amides is 2. The number of carbonyl (C=O) groups excluding carboxylic acids is 2. The molecule has 1 atom stereocenters. The molecule has 5 rings (SSSR count). The molecule has 0 radical (unpaired) electrons. The van der Waals surface area contributed by atoms with Gasteiger partial charge in [-0.15, -0.1) is 11.3 Å². The summed E-state index contributed by atoms with van der Waals surface area (Å²) >= 11 is 1.78. The highest BCUT2D eigenvalue weighted by Crippen LogP contribution is 2.39. The van der Waals surface area contributed by atoms with Crippen LogP contribution in [0.5, 0.6) is 0 Å². The van der Waals surface area contributed by atoms with E-state index in [1.165, 1.54) is 16.0 Å². The molecule has 0 spiro atoms. The van der Waals surface area contributed by atoms with E-state index in [9.17, 15) is 9.59 Å². The van der Waals surface area contributed by atoms with E-state index in [1.807, 2.05) is 9.80 Å². The molecule has 5 heteroatoms. The van der Waals surface area contributed by atoms with Gasteiger partial charge >= 0.3 is 0 Å². The maximum absolute atomic E-state index is 13.4. The maximum atomic E-state index is 13.4. The third kappa shape index (κ3) is 3.37. The number of benzene rings is 1. The molecule has 2 amide bonds. The molecule has 2 saturated carbocycles. The van der Waals surface area contributed by atoms with Crippen LogP contribution in [0.3, 0.4) is 0 Å². The van der Waals surface area contributed by atoms with E-state index in [1.54, 1.807) is 11.3 Å². The predicted molar refractivity (Wildman–Crippen MR) is 110 cm³/mol. The molecule has 4 nitrogen and oxygen atoms in total. The molecular weight excluding hydrogens is 368 g/mol. The molecule has 1 aliphatic heterocycles. The number of nitrogens with zero attached hydrogens (tertiary/aromatic N) is 2. The van der Waals surface area contributed by atoms with Crippen molar-refractivity contribution in [1.29, 1.82) is 0 Å². The van der Waals surface area contributed by atoms with Crippen molar-refractivity contribution in [3.05, 3.63) is 57.3 Å². The lowest BCUT2D eigenvalue weighted by Crippen LogP contribution is -2.47. The Kier molecular flexibility index (Phi) is 4.50. The van der Waals surface area contributed by atoms with Crippen LogP contribution in [0.1, 0.15) is 53.3 Å². The molecule has 1 aromatic heterocycles. The first kappa shape index (κ1) is 17.9. The van der Waals surface area contributed by atoms with Crippen molar-refractivity contribution in [3.8, 4) is 0 Å². The van der Waals surface area contributed by atoms with Crippen molar-refractivity contribution in [2.75, 3.05) is 13.1 Å². The summed E-state index contributed by atoms with van der Waals surface area (Å²) in [5.74, 6) is 0.463. The summed E-state index contributed by atoms with van der Waals surface area (Å²) in [5, 5.41) is 2.13. The Labute approximate surface area is 170 Å². The number of thiophene rings is 1. The van der Waals surface area contributed by atoms with E-state index in [0.717, 1.165) is 44.2 Å². The summed E-state index contributed by atoms with van der Waals surface area (Å²) in [6.07, 6.45) is 4.97. The van der Waals surface area contributed by atoms with Crippen LogP contribution in [-0.4, -0.2) is 40.7 Å². The Morgan fingerprint density at radius 1 is 1.11 bits per heavy atom. The van der Waals surface area contributed by atoms with Gasteiger partial charge in [0.2, 0.25) is 11.8 Å². The fourth-order valence-corrected chi connectivity index (χ4v) is 5.17. The molecule has 2 aliphatic carbocycles. The Morgan fingerprint density at radius 3 is 2.54 bits per heavy atom. The maximum Gasteiger partial charge on any atom is 0.243 e. The number of fused-ring (bicyclic) bond motifs is 1. The molecule has 0 unspecified atom stereocenters. The number of hydrogen-bond acceptors (Lipinski definition) is 3. The first-order chi connectivity index (χ1) is 13.6. The molecule has 28 heavy (non-hydrogen) atoms. The highest BCUT2D eigenvalue weighted by atomic mass is 32.1. The Hall–Kier alpha value is -2.14. The van der Waals surface area contributed by atoms with Crippen LogP contribution in [0.2, 0.25) is 0 Å². The fraction of sp³-hybridized carbons (Fsp3) is 0.478. The summed E-state index contributed by atoms with van der Waals surface area (Å²) in [4.78, 5) is 31.4. The minimum atomic E-state index is -0.0415. The molecule has 0 saturated heterocycles. The van der Waals surface area contributed by atoms with Crippen molar-refractivity contribution in [1.82, 2.24) is 9.80 Å². The highest BCUT2D eigenvalue weighted by molar-refractivity contribution is 7.10. The zero-order valence-electron chi connectivity index (χ0n) is 16.3. The highest BCUT2D eigenvalue weighted by Gasteiger charge is 2.42. The molecule has 2 fully saturated rings. The quantitative estimate of drug-likeness (QED) is 0.771. The Balaban J connectivity index is 1.42. The summed E-state index contributed by atoms with van der Waals surface area (Å²) in [7, 11) is 0. The van der Waals surface area contributed by atoms with Crippen molar-refractivity contribution in [2.45, 2.75) is 51.1 Å². The molecular formula is C23H26N2O2S. The molecule has 2 heterocycles. The lowest BCUT2D eigenvalue weighted by atomic mass is 9.92. The van der Waals surface area contributed by atoms with Gasteiger partial charge in [0.1, 0.15) is 6.54 Å². The molecule has 2 aromatic rings. The zero-order chi connectivity index (χ0) is 19.3. The lowest BCUT2D eigenvalue weighted by Gasteiger charge is -2.37. The molecule has 1 aromatic carbocycles. The third-order valence-electron chi connectivity index (χ3n) is 6.18. The predicted octanol–water partition coefficient (Wildman–Crippen LogP) is 3.93. The van der Waals surface area contributed by atoms with Crippen molar-refractivity contribution in [2.24, 2.45) is 5.92 Å². The van der Waals surface area contributed by atoms with Crippen molar-refractivity contribution in [3.63, 3.8) is 0 Å². The number of aryl methyl sites for hydroxylation is 1. The average Bonchev–Trinajstić information content (AvgIpc) is 3.62. The lowest BCUT2D eigenvalue weighted by molar-refractivity contribution is -0.143. The van der Waals surface area contributed by atoms with Crippen LogP contribution in [0, 0.1) is 12.8 Å². The van der Waals surface area contributed by atoms with Gasteiger partial charge in [0, 0.05) is 23.4 Å². The smallest absolute Gasteiger partial charge is 0.243 e. The third-order valence-corrected chi connectivity index (χ3v) is 7.18. The van der Waals surface area contributed by atoms with E-state index in [2.05, 4.69) is 42.6 Å². The molecule has 0 N–H and O–H groups in total. The zero-order valence-corrected chi connectivity index (χ0v) is 17.1. The number of rotatable bonds is 5. The van der Waals surface area contributed by atoms with E-state index >= 15 is 0 Å². The molecule has 146 valence electrons. The van der Waals surface area contributed by atoms with Crippen LogP contribution >= 0.6 is 11.3 Å². The van der Waals surface area contributed by atoms with Crippen LogP contribution in [0.25, 0.3) is 0 Å². The standard InChI is InChI=1S/C23H26N2O2S/c1-15-2-4-16(5-3-15)22-19-11-13-28-20(19)10-12-24(22)21(26)14-25(18-8-9-18)23(27)17-6-7-17/h2-5,11,13,17-18,22H,6-10,12,14H2,1H3/t22-/m1/s1. The van der Waals surface area contributed by atoms with Gasteiger partial charge in [0.05, 0.1) is 6.04 Å². The van der Waals surface area contributed by atoms with Gasteiger partial charge in [-0.25, -0.2) is 0 Å².